The first-order valence-electron chi connectivity index (χ1n) is 12.2. The molecule has 1 fully saturated rings. The van der Waals surface area contributed by atoms with E-state index in [-0.39, 0.29) is 52.5 Å². The topological polar surface area (TPSA) is 72.5 Å². The fourth-order valence-electron chi connectivity index (χ4n) is 4.33. The number of hydrogen-bond acceptors (Lipinski definition) is 6. The van der Waals surface area contributed by atoms with E-state index in [2.05, 4.69) is 20.4 Å². The summed E-state index contributed by atoms with van der Waals surface area (Å²) >= 11 is 0. The largest absolute Gasteiger partial charge is 0.479 e. The average molecular weight is 516 g/mol. The summed E-state index contributed by atoms with van der Waals surface area (Å²) in [5.41, 5.74) is -0.484. The number of methoxy groups -OCH3 is 1. The van der Waals surface area contributed by atoms with Crippen LogP contribution in [-0.4, -0.2) is 74.6 Å². The Morgan fingerprint density at radius 2 is 2.08 bits per heavy atom. The number of halogens is 6. The molecule has 4 aromatic rings. The van der Waals surface area contributed by atoms with E-state index in [0.717, 1.165) is 27.7 Å². The predicted octanol–water partition coefficient (Wildman–Crippen LogP) is 4.05. The van der Waals surface area contributed by atoms with Gasteiger partial charge >= 0.3 is 0 Å². The SMILES string of the molecule is [2H]C([2H])([2H])N1CC[C@@H](Nc2nc(OC)c3c(-c4cc(F)c5ncn(CC(F)F)c5c4)c(F)cn3n2)C(F)(F)C1. The number of likely N-dealkylation sites (tertiary alicyclic amines) is 1. The van der Waals surface area contributed by atoms with Crippen LogP contribution in [0.4, 0.5) is 32.3 Å². The highest BCUT2D eigenvalue weighted by atomic mass is 19.3. The van der Waals surface area contributed by atoms with E-state index in [0.29, 0.717) is 4.90 Å². The first-order valence-corrected chi connectivity index (χ1v) is 10.7. The van der Waals surface area contributed by atoms with E-state index in [1.165, 1.54) is 13.2 Å². The third-order valence-electron chi connectivity index (χ3n) is 5.95. The van der Waals surface area contributed by atoms with Gasteiger partial charge in [0, 0.05) is 10.7 Å². The lowest BCUT2D eigenvalue weighted by Gasteiger charge is -2.36. The van der Waals surface area contributed by atoms with Gasteiger partial charge in [-0.05, 0) is 31.1 Å². The molecule has 3 aromatic heterocycles. The average Bonchev–Trinajstić information content (AvgIpc) is 3.38. The highest BCUT2D eigenvalue weighted by Gasteiger charge is 2.44. The number of nitrogens with zero attached hydrogens (tertiary/aromatic N) is 6. The van der Waals surface area contributed by atoms with Crippen molar-refractivity contribution in [1.29, 1.82) is 0 Å². The Kier molecular flexibility index (Phi) is 5.06. The summed E-state index contributed by atoms with van der Waals surface area (Å²) in [4.78, 5) is 8.59. The van der Waals surface area contributed by atoms with Crippen molar-refractivity contribution in [2.45, 2.75) is 31.4 Å². The lowest BCUT2D eigenvalue weighted by atomic mass is 10.0. The number of imidazole rings is 1. The second-order valence-electron chi connectivity index (χ2n) is 8.37. The molecular weight excluding hydrogens is 492 g/mol. The van der Waals surface area contributed by atoms with E-state index in [1.54, 1.807) is 0 Å². The minimum absolute atomic E-state index is 0.00727. The molecule has 14 heteroatoms. The van der Waals surface area contributed by atoms with Crippen LogP contribution in [0.1, 0.15) is 10.5 Å². The maximum Gasteiger partial charge on any atom is 0.280 e. The van der Waals surface area contributed by atoms with Crippen molar-refractivity contribution in [1.82, 2.24) is 29.0 Å². The zero-order valence-corrected chi connectivity index (χ0v) is 18.7. The number of hydrogen-bond donors (Lipinski definition) is 1. The molecule has 192 valence electrons. The lowest BCUT2D eigenvalue weighted by Crippen LogP contribution is -2.53. The molecule has 1 aliphatic rings. The zero-order valence-electron chi connectivity index (χ0n) is 21.7. The summed E-state index contributed by atoms with van der Waals surface area (Å²) in [5.74, 6) is -5.81. The second-order valence-corrected chi connectivity index (χ2v) is 8.37. The van der Waals surface area contributed by atoms with Crippen molar-refractivity contribution < 1.29 is 35.2 Å². The highest BCUT2D eigenvalue weighted by Crippen LogP contribution is 2.37. The monoisotopic (exact) mass is 516 g/mol. The zero-order chi connectivity index (χ0) is 28.3. The van der Waals surface area contributed by atoms with Crippen LogP contribution in [0.25, 0.3) is 27.7 Å². The number of aromatic nitrogens is 5. The van der Waals surface area contributed by atoms with Gasteiger partial charge in [-0.2, -0.15) is 4.98 Å². The minimum atomic E-state index is -3.46. The maximum absolute atomic E-state index is 15.2. The maximum atomic E-state index is 15.2. The molecule has 0 aliphatic carbocycles. The molecule has 1 N–H and O–H groups in total. The minimum Gasteiger partial charge on any atom is -0.479 e. The molecule has 5 rings (SSSR count). The number of benzene rings is 1. The van der Waals surface area contributed by atoms with E-state index in [9.17, 15) is 22.0 Å². The predicted molar refractivity (Wildman–Crippen MR) is 119 cm³/mol. The molecular formula is C22H21F6N7O. The Bertz CT molecular complexity index is 1540. The summed E-state index contributed by atoms with van der Waals surface area (Å²) < 4.78 is 115. The summed E-state index contributed by atoms with van der Waals surface area (Å²) in [6, 6.07) is 0.743. The molecule has 1 aromatic carbocycles. The Balaban J connectivity index is 1.53. The van der Waals surface area contributed by atoms with E-state index in [4.69, 9.17) is 8.85 Å². The number of anilines is 1. The van der Waals surface area contributed by atoms with Crippen LogP contribution < -0.4 is 10.1 Å². The third kappa shape index (κ3) is 4.18. The van der Waals surface area contributed by atoms with Crippen molar-refractivity contribution >= 4 is 22.5 Å². The molecule has 0 bridgehead atoms. The van der Waals surface area contributed by atoms with E-state index in [1.807, 2.05) is 0 Å². The molecule has 1 aliphatic heterocycles. The van der Waals surface area contributed by atoms with Crippen molar-refractivity contribution in [3.05, 3.63) is 36.3 Å². The van der Waals surface area contributed by atoms with Crippen molar-refractivity contribution in [3.63, 3.8) is 0 Å². The summed E-state index contributed by atoms with van der Waals surface area (Å²) in [5, 5.41) is 6.54. The normalized spacial score (nSPS) is 20.0. The number of rotatable bonds is 6. The van der Waals surface area contributed by atoms with Crippen molar-refractivity contribution in [2.75, 3.05) is 32.5 Å². The van der Waals surface area contributed by atoms with Gasteiger partial charge in [-0.1, -0.05) is 0 Å². The van der Waals surface area contributed by atoms with E-state index < -0.39 is 50.1 Å². The lowest BCUT2D eigenvalue weighted by molar-refractivity contribution is -0.0675. The smallest absolute Gasteiger partial charge is 0.280 e. The van der Waals surface area contributed by atoms with Crippen LogP contribution in [0, 0.1) is 11.6 Å². The van der Waals surface area contributed by atoms with Gasteiger partial charge in [-0.15, -0.1) is 5.10 Å². The Labute approximate surface area is 204 Å². The molecule has 0 spiro atoms. The Morgan fingerprint density at radius 3 is 2.78 bits per heavy atom. The molecule has 36 heavy (non-hydrogen) atoms. The number of fused-ring (bicyclic) bond motifs is 2. The summed E-state index contributed by atoms with van der Waals surface area (Å²) in [7, 11) is 1.20. The molecule has 0 radical (unpaired) electrons. The first kappa shape index (κ1) is 20.6. The van der Waals surface area contributed by atoms with E-state index >= 15 is 4.39 Å². The molecule has 1 saturated heterocycles. The fourth-order valence-corrected chi connectivity index (χ4v) is 4.33. The second kappa shape index (κ2) is 8.84. The number of ether oxygens (including phenoxy) is 1. The van der Waals surface area contributed by atoms with Gasteiger partial charge in [0.05, 0.1) is 49.8 Å². The van der Waals surface area contributed by atoms with Gasteiger partial charge < -0.3 is 19.5 Å². The Hall–Kier alpha value is -3.55. The van der Waals surface area contributed by atoms with Crippen molar-refractivity contribution in [3.8, 4) is 17.0 Å². The molecule has 0 unspecified atom stereocenters. The van der Waals surface area contributed by atoms with Crippen LogP contribution in [0.3, 0.4) is 0 Å². The molecule has 0 saturated carbocycles. The van der Waals surface area contributed by atoms with Crippen LogP contribution in [0.15, 0.2) is 24.7 Å². The van der Waals surface area contributed by atoms with Gasteiger partial charge in [0.25, 0.3) is 12.3 Å². The number of nitrogens with one attached hydrogen (secondary N) is 1. The highest BCUT2D eigenvalue weighted by molar-refractivity contribution is 5.90. The molecule has 8 nitrogen and oxygen atoms in total. The van der Waals surface area contributed by atoms with Gasteiger partial charge in [-0.25, -0.2) is 35.8 Å². The summed E-state index contributed by atoms with van der Waals surface area (Å²) in [6.45, 7) is -4.58. The molecule has 4 heterocycles. The van der Waals surface area contributed by atoms with Gasteiger partial charge in [0.15, 0.2) is 11.6 Å². The quantitative estimate of drug-likeness (QED) is 0.390. The van der Waals surface area contributed by atoms with Crippen LogP contribution in [0.5, 0.6) is 5.88 Å². The summed E-state index contributed by atoms with van der Waals surface area (Å²) in [6.07, 6.45) is -1.02. The Morgan fingerprint density at radius 1 is 1.28 bits per heavy atom. The molecule has 1 atom stereocenters. The van der Waals surface area contributed by atoms with Crippen molar-refractivity contribution in [2.24, 2.45) is 0 Å². The van der Waals surface area contributed by atoms with Crippen LogP contribution in [0.2, 0.25) is 0 Å². The van der Waals surface area contributed by atoms with Gasteiger partial charge in [0.2, 0.25) is 11.8 Å². The first-order chi connectivity index (χ1) is 18.3. The fraction of sp³-hybridized carbons (Fsp3) is 0.409. The molecule has 0 amide bonds. The van der Waals surface area contributed by atoms with Gasteiger partial charge in [0.1, 0.15) is 11.0 Å². The third-order valence-corrected chi connectivity index (χ3v) is 5.95. The van der Waals surface area contributed by atoms with Crippen LogP contribution >= 0.6 is 0 Å². The standard InChI is InChI=1S/C22H21F6N7O/c1-33-4-3-15(22(27,28)9-33)30-21-31-20(36-2)19-17(13(24)7-35(19)32-21)11-5-12(23)18-14(6-11)34(10-29-18)8-16(25)26/h5-7,10,15-16H,3-4,8-9H2,1-2H3,(H,30,32)/t15-/m1/s1/i1D3. The van der Waals surface area contributed by atoms with Gasteiger partial charge in [-0.3, -0.25) is 0 Å². The van der Waals surface area contributed by atoms with Crippen LogP contribution in [-0.2, 0) is 6.54 Å². The number of piperidine rings is 1. The number of alkyl halides is 4.